The lowest BCUT2D eigenvalue weighted by Crippen LogP contribution is -2.46. The van der Waals surface area contributed by atoms with Crippen LogP contribution in [0.4, 0.5) is 0 Å². The van der Waals surface area contributed by atoms with E-state index in [1.807, 2.05) is 0 Å². The van der Waals surface area contributed by atoms with Crippen molar-refractivity contribution in [3.63, 3.8) is 0 Å². The van der Waals surface area contributed by atoms with Crippen molar-refractivity contribution in [2.24, 2.45) is 11.8 Å². The lowest BCUT2D eigenvalue weighted by atomic mass is 9.94. The van der Waals surface area contributed by atoms with Gasteiger partial charge >= 0.3 is 0 Å². The van der Waals surface area contributed by atoms with E-state index in [-0.39, 0.29) is 3.92 Å². The molecule has 0 spiro atoms. The standard InChI is InChI=1S/C10H21IO3/c1-7(2)6-10(13-5,14-12)9(11)8(3)4/h7-9,12H,6H2,1-5H3. The van der Waals surface area contributed by atoms with Crippen LogP contribution < -0.4 is 0 Å². The molecule has 0 aliphatic rings. The van der Waals surface area contributed by atoms with Gasteiger partial charge in [0, 0.05) is 13.5 Å². The molecule has 0 fully saturated rings. The summed E-state index contributed by atoms with van der Waals surface area (Å²) in [5.74, 6) is -0.0670. The van der Waals surface area contributed by atoms with Crippen molar-refractivity contribution in [1.82, 2.24) is 0 Å². The lowest BCUT2D eigenvalue weighted by Gasteiger charge is -2.36. The molecule has 0 aliphatic heterocycles. The summed E-state index contributed by atoms with van der Waals surface area (Å²) < 4.78 is 5.46. The van der Waals surface area contributed by atoms with E-state index in [4.69, 9.17) is 9.99 Å². The Labute approximate surface area is 100 Å². The third-order valence-electron chi connectivity index (χ3n) is 2.20. The van der Waals surface area contributed by atoms with Crippen LogP contribution >= 0.6 is 22.6 Å². The number of hydrogen-bond donors (Lipinski definition) is 1. The quantitative estimate of drug-likeness (QED) is 0.269. The van der Waals surface area contributed by atoms with Crippen LogP contribution in [-0.4, -0.2) is 22.1 Å². The Bertz CT molecular complexity index is 155. The highest BCUT2D eigenvalue weighted by Crippen LogP contribution is 2.34. The zero-order chi connectivity index (χ0) is 11.4. The summed E-state index contributed by atoms with van der Waals surface area (Å²) >= 11 is 2.27. The summed E-state index contributed by atoms with van der Waals surface area (Å²) in [5.41, 5.74) is 0. The van der Waals surface area contributed by atoms with Gasteiger partial charge in [0.05, 0.1) is 3.92 Å². The van der Waals surface area contributed by atoms with Crippen molar-refractivity contribution in [3.05, 3.63) is 0 Å². The molecule has 1 N–H and O–H groups in total. The average Bonchev–Trinajstić information content (AvgIpc) is 2.12. The van der Waals surface area contributed by atoms with Gasteiger partial charge in [-0.05, 0) is 11.8 Å². The number of alkyl halides is 1. The first-order chi connectivity index (χ1) is 6.39. The van der Waals surface area contributed by atoms with Crippen LogP contribution in [0.1, 0.15) is 34.1 Å². The molecule has 0 bridgehead atoms. The fourth-order valence-corrected chi connectivity index (χ4v) is 2.13. The van der Waals surface area contributed by atoms with Crippen molar-refractivity contribution in [1.29, 1.82) is 0 Å². The first-order valence-corrected chi connectivity index (χ1v) is 6.16. The van der Waals surface area contributed by atoms with Crippen LogP contribution in [-0.2, 0) is 9.62 Å². The van der Waals surface area contributed by atoms with Crippen LogP contribution in [0.2, 0.25) is 0 Å². The molecule has 0 aromatic rings. The Morgan fingerprint density at radius 1 is 1.29 bits per heavy atom. The molecule has 3 nitrogen and oxygen atoms in total. The summed E-state index contributed by atoms with van der Waals surface area (Å²) in [6, 6.07) is 0. The van der Waals surface area contributed by atoms with Crippen molar-refractivity contribution in [2.75, 3.05) is 7.11 Å². The summed E-state index contributed by atoms with van der Waals surface area (Å²) in [5, 5.41) is 9.01. The van der Waals surface area contributed by atoms with Crippen LogP contribution in [0.5, 0.6) is 0 Å². The van der Waals surface area contributed by atoms with E-state index < -0.39 is 5.79 Å². The maximum Gasteiger partial charge on any atom is 0.213 e. The second-order valence-electron chi connectivity index (χ2n) is 4.35. The first kappa shape index (κ1) is 14.6. The van der Waals surface area contributed by atoms with Gasteiger partial charge in [-0.3, -0.25) is 0 Å². The minimum atomic E-state index is -0.872. The third-order valence-corrected chi connectivity index (χ3v) is 4.59. The Morgan fingerprint density at radius 2 is 1.79 bits per heavy atom. The van der Waals surface area contributed by atoms with Gasteiger partial charge in [-0.15, -0.1) is 0 Å². The fraction of sp³-hybridized carbons (Fsp3) is 1.00. The van der Waals surface area contributed by atoms with Crippen LogP contribution in [0.25, 0.3) is 0 Å². The topological polar surface area (TPSA) is 38.7 Å². The van der Waals surface area contributed by atoms with Gasteiger partial charge in [0.25, 0.3) is 0 Å². The van der Waals surface area contributed by atoms with E-state index in [2.05, 4.69) is 55.2 Å². The molecule has 0 saturated heterocycles. The molecule has 0 heterocycles. The Morgan fingerprint density at radius 3 is 2.00 bits per heavy atom. The highest BCUT2D eigenvalue weighted by Gasteiger charge is 2.41. The molecular weight excluding hydrogens is 295 g/mol. The maximum absolute atomic E-state index is 9.01. The van der Waals surface area contributed by atoms with E-state index in [9.17, 15) is 0 Å². The molecule has 0 rings (SSSR count). The largest absolute Gasteiger partial charge is 0.350 e. The zero-order valence-corrected chi connectivity index (χ0v) is 11.7. The zero-order valence-electron chi connectivity index (χ0n) is 9.58. The molecule has 86 valence electrons. The van der Waals surface area contributed by atoms with Gasteiger partial charge in [0.1, 0.15) is 0 Å². The van der Waals surface area contributed by atoms with E-state index in [0.717, 1.165) is 0 Å². The normalized spacial score (nSPS) is 18.6. The Hall–Kier alpha value is 0.610. The molecule has 0 aromatic carbocycles. The van der Waals surface area contributed by atoms with Crippen molar-refractivity contribution in [2.45, 2.75) is 43.8 Å². The second kappa shape index (κ2) is 6.25. The molecule has 0 amide bonds. The van der Waals surface area contributed by atoms with Crippen molar-refractivity contribution in [3.8, 4) is 0 Å². The Balaban J connectivity index is 4.67. The predicted octanol–water partition coefficient (Wildman–Crippen LogP) is 3.32. The smallest absolute Gasteiger partial charge is 0.213 e. The third kappa shape index (κ3) is 3.64. The van der Waals surface area contributed by atoms with Gasteiger partial charge in [0.2, 0.25) is 5.79 Å². The van der Waals surface area contributed by atoms with E-state index in [1.54, 1.807) is 7.11 Å². The lowest BCUT2D eigenvalue weighted by molar-refractivity contribution is -0.402. The maximum atomic E-state index is 9.01. The summed E-state index contributed by atoms with van der Waals surface area (Å²) in [4.78, 5) is 4.59. The number of rotatable bonds is 6. The highest BCUT2D eigenvalue weighted by atomic mass is 127. The number of ether oxygens (including phenoxy) is 1. The van der Waals surface area contributed by atoms with Gasteiger partial charge in [-0.1, -0.05) is 50.3 Å². The molecule has 2 atom stereocenters. The predicted molar refractivity (Wildman–Crippen MR) is 65.6 cm³/mol. The number of methoxy groups -OCH3 is 1. The summed E-state index contributed by atoms with van der Waals surface area (Å²) in [6.45, 7) is 8.33. The van der Waals surface area contributed by atoms with Crippen molar-refractivity contribution < 1.29 is 14.9 Å². The van der Waals surface area contributed by atoms with Gasteiger partial charge < -0.3 is 4.74 Å². The highest BCUT2D eigenvalue weighted by molar-refractivity contribution is 14.1. The average molecular weight is 316 g/mol. The number of hydrogen-bond acceptors (Lipinski definition) is 3. The summed E-state index contributed by atoms with van der Waals surface area (Å²) in [7, 11) is 1.58. The van der Waals surface area contributed by atoms with E-state index in [0.29, 0.717) is 18.3 Å². The second-order valence-corrected chi connectivity index (χ2v) is 5.69. The van der Waals surface area contributed by atoms with Crippen molar-refractivity contribution >= 4 is 22.6 Å². The van der Waals surface area contributed by atoms with E-state index in [1.165, 1.54) is 0 Å². The van der Waals surface area contributed by atoms with Gasteiger partial charge in [0.15, 0.2) is 0 Å². The molecular formula is C10H21IO3. The van der Waals surface area contributed by atoms with E-state index >= 15 is 0 Å². The van der Waals surface area contributed by atoms with Crippen LogP contribution in [0, 0.1) is 11.8 Å². The minimum absolute atomic E-state index is 0.123. The Kier molecular flexibility index (Phi) is 6.52. The molecule has 0 aliphatic carbocycles. The fourth-order valence-electron chi connectivity index (χ4n) is 1.51. The molecule has 0 saturated carbocycles. The van der Waals surface area contributed by atoms with Gasteiger partial charge in [-0.25, -0.2) is 10.1 Å². The minimum Gasteiger partial charge on any atom is -0.350 e. The van der Waals surface area contributed by atoms with Gasteiger partial charge in [-0.2, -0.15) is 0 Å². The monoisotopic (exact) mass is 316 g/mol. The molecule has 2 unspecified atom stereocenters. The molecule has 4 heteroatoms. The summed E-state index contributed by atoms with van der Waals surface area (Å²) in [6.07, 6.45) is 0.686. The van der Waals surface area contributed by atoms with Crippen LogP contribution in [0.3, 0.4) is 0 Å². The van der Waals surface area contributed by atoms with Crippen LogP contribution in [0.15, 0.2) is 0 Å². The molecule has 0 radical (unpaired) electrons. The molecule has 0 aromatic heterocycles. The number of halogens is 1. The molecule has 14 heavy (non-hydrogen) atoms. The first-order valence-electron chi connectivity index (χ1n) is 4.91. The SMILES string of the molecule is COC(CC(C)C)(OO)C(I)C(C)C.